The molecule has 0 bridgehead atoms. The molecule has 59 nitrogen and oxygen atoms in total. The average molecular weight is 2130 g/mol. The molecule has 846 valence electrons. The van der Waals surface area contributed by atoms with Crippen LogP contribution in [0.15, 0.2) is 0 Å². The molecule has 59 heteroatoms. The summed E-state index contributed by atoms with van der Waals surface area (Å²) in [6, 6.07) is -1.49. The largest absolute Gasteiger partial charge is 0.481 e. The van der Waals surface area contributed by atoms with E-state index in [1.54, 1.807) is 0 Å². The molecule has 0 aromatic rings. The van der Waals surface area contributed by atoms with E-state index in [1.807, 2.05) is 0 Å². The van der Waals surface area contributed by atoms with Crippen molar-refractivity contribution in [3.63, 3.8) is 0 Å². The number of carbonyl (C=O) groups is 9. The van der Waals surface area contributed by atoms with Crippen LogP contribution < -0.4 is 31.9 Å². The molecule has 0 radical (unpaired) electrons. The maximum Gasteiger partial charge on any atom is 0.303 e. The quantitative estimate of drug-likeness (QED) is 0.0251. The van der Waals surface area contributed by atoms with Gasteiger partial charge in [0.15, 0.2) is 44.0 Å². The highest BCUT2D eigenvalue weighted by atomic mass is 16.8. The number of hydrogen-bond donors (Lipinski definition) is 33. The Morgan fingerprint density at radius 3 is 0.918 bits per heavy atom. The Bertz CT molecular complexity index is 3710. The number of nitrogens with one attached hydrogen (secondary N) is 6. The average Bonchev–Trinajstić information content (AvgIpc) is 0.789. The smallest absolute Gasteiger partial charge is 0.303 e. The Balaban J connectivity index is 0.956. The SMILES string of the molecule is O=C(O)CCCCCNC(=O)CN(CC(=O)NCCCCCC(=O)NCCO[C@H]1O[C@H](CO[C@H]2O[C@H](CO)[C@@H](O)[C@H](O)[C@@H]2O)[C@@H](O)[C@H](O[C@H]2O[C@H](CO)[C@@H](O)[C@H](O)[C@@H]2O)[C@@H]1O)CC(=O)N[C@H](CCC(=O)NCCCCCC(=O)N(CCO[C@H]1O[C@H](CO)[C@@H](O)[C@H](O)[C@@H]1O)CCO[C@H]1O[C@H](CO)[C@@H](O)[C@H](O)[C@@H]1O)C(=O)NCCCCCC(=O)N(CCO[C@H]1O[C@H](CO)[C@@H](O)[C@H](O)[C@@H]1O)CCO[C@H]1O[C@H](CO)[C@@H](O)[C@H](O)[C@@H]1O. The molecule has 0 saturated carbocycles. The van der Waals surface area contributed by atoms with Crippen molar-refractivity contribution in [1.29, 1.82) is 0 Å². The van der Waals surface area contributed by atoms with E-state index >= 15 is 0 Å². The van der Waals surface area contributed by atoms with E-state index in [-0.39, 0.29) is 162 Å². The van der Waals surface area contributed by atoms with Gasteiger partial charge in [-0.3, -0.25) is 48.1 Å². The number of aliphatic carboxylic acids is 1. The summed E-state index contributed by atoms with van der Waals surface area (Å²) in [7, 11) is 0. The minimum absolute atomic E-state index is 0.0110. The van der Waals surface area contributed by atoms with Gasteiger partial charge in [-0.2, -0.15) is 0 Å². The van der Waals surface area contributed by atoms with Gasteiger partial charge in [0.05, 0.1) is 98.9 Å². The first-order valence-electron chi connectivity index (χ1n) is 49.0. The third kappa shape index (κ3) is 39.6. The number of aliphatic hydroxyl groups is 26. The number of nitrogens with zero attached hydrogens (tertiary/aromatic N) is 3. The summed E-state index contributed by atoms with van der Waals surface area (Å²) in [6.45, 7) is -10.3. The fourth-order valence-electron chi connectivity index (χ4n) is 16.6. The molecule has 7 saturated heterocycles. The van der Waals surface area contributed by atoms with E-state index in [9.17, 15) is 176 Å². The number of ether oxygens (including phenoxy) is 14. The van der Waals surface area contributed by atoms with E-state index < -0.39 is 353 Å². The van der Waals surface area contributed by atoms with Crippen molar-refractivity contribution in [3.8, 4) is 0 Å². The molecule has 7 rings (SSSR count). The molecule has 0 unspecified atom stereocenters. The number of carboxylic acids is 1. The minimum Gasteiger partial charge on any atom is -0.481 e. The van der Waals surface area contributed by atoms with Crippen LogP contribution in [0, 0.1) is 0 Å². The van der Waals surface area contributed by atoms with E-state index in [0.29, 0.717) is 32.1 Å². The number of amides is 8. The first-order valence-corrected chi connectivity index (χ1v) is 49.0. The second kappa shape index (κ2) is 65.9. The number of hydrogen-bond acceptors (Lipinski definition) is 50. The highest BCUT2D eigenvalue weighted by Gasteiger charge is 2.54. The lowest BCUT2D eigenvalue weighted by atomic mass is 9.96. The zero-order chi connectivity index (χ0) is 108. The highest BCUT2D eigenvalue weighted by Crippen LogP contribution is 2.34. The van der Waals surface area contributed by atoms with Gasteiger partial charge in [-0.05, 0) is 57.8 Å². The number of aliphatic hydroxyl groups excluding tert-OH is 26. The van der Waals surface area contributed by atoms with Crippen molar-refractivity contribution in [2.45, 2.75) is 337 Å². The Morgan fingerprint density at radius 2 is 0.555 bits per heavy atom. The van der Waals surface area contributed by atoms with Crippen molar-refractivity contribution in [2.24, 2.45) is 0 Å². The number of unbranched alkanes of at least 4 members (excludes halogenated alkanes) is 8. The molecule has 33 N–H and O–H groups in total. The lowest BCUT2D eigenvalue weighted by Crippen LogP contribution is -2.65. The molecule has 7 heterocycles. The molecular formula is C87H153N9O50. The van der Waals surface area contributed by atoms with Crippen LogP contribution in [0.4, 0.5) is 0 Å². The van der Waals surface area contributed by atoms with Gasteiger partial charge in [-0.15, -0.1) is 0 Å². The summed E-state index contributed by atoms with van der Waals surface area (Å²) in [5.41, 5.74) is 0. The van der Waals surface area contributed by atoms with Crippen LogP contribution in [0.25, 0.3) is 0 Å². The number of carboxylic acid groups (broad SMARTS) is 1. The molecule has 7 aliphatic rings. The fourth-order valence-corrected chi connectivity index (χ4v) is 16.6. The van der Waals surface area contributed by atoms with Crippen LogP contribution in [0.1, 0.15) is 116 Å². The monoisotopic (exact) mass is 2120 g/mol. The van der Waals surface area contributed by atoms with Crippen molar-refractivity contribution in [1.82, 2.24) is 46.6 Å². The Morgan fingerprint density at radius 1 is 0.267 bits per heavy atom. The lowest BCUT2D eigenvalue weighted by molar-refractivity contribution is -0.366. The van der Waals surface area contributed by atoms with Gasteiger partial charge in [0.1, 0.15) is 177 Å². The standard InChI is InChI=1S/C87H153N9O50/c97-36-44-59(112)66(119)72(125)81(139-44)134-29-24-95(25-30-135-82-73(126)67(120)60(113)45(37-98)140-82)56(108)14-6-2-10-19-88-52(104)18-17-43(80(132)92-22-12-3-7-15-57(109)96(26-31-136-83-74(127)68(121)61(114)46(38-99)141-83)27-32-137-84-75(128)69(122)62(115)47(39-100)142-84)93-55(107)35-94(34-54(106)90-21-11-4-8-16-58(110)111)33-53(105)89-20-9-1-5-13-51(103)91-23-28-133-86-78(131)79(146-87-77(130)71(124)64(117)49(41-102)144-87)65(118)50(145-86)42-138-85-76(129)70(123)63(116)48(40-101)143-85/h43-50,59-79,81-87,97-102,112-131H,1-42H2,(H,88,104)(H,89,105)(H,90,106)(H,91,103)(H,92,132)(H,93,107)(H,110,111)/t43-,44-,45-,46-,47-,48-,49-,50-,59-,60-,61-,62-,63-,64-,65-,66+,67+,68+,69+,70+,71+,72+,73+,74+,75+,76+,77+,78+,79+,81+,82+,83+,84+,85+,86+,87-/m1/s1. The zero-order valence-corrected chi connectivity index (χ0v) is 80.8. The zero-order valence-electron chi connectivity index (χ0n) is 80.8. The van der Waals surface area contributed by atoms with Gasteiger partial charge < -0.3 is 246 Å². The summed E-state index contributed by atoms with van der Waals surface area (Å²) in [5, 5.41) is 294. The van der Waals surface area contributed by atoms with E-state index in [2.05, 4.69) is 31.9 Å². The molecule has 36 atom stereocenters. The minimum atomic E-state index is -2.01. The van der Waals surface area contributed by atoms with Gasteiger partial charge in [0.25, 0.3) is 0 Å². The van der Waals surface area contributed by atoms with Crippen LogP contribution in [0.3, 0.4) is 0 Å². The van der Waals surface area contributed by atoms with Crippen molar-refractivity contribution in [2.75, 3.05) is 158 Å². The Hall–Kier alpha value is -6.41. The van der Waals surface area contributed by atoms with Gasteiger partial charge in [-0.1, -0.05) is 25.7 Å². The molecule has 0 aromatic carbocycles. The second-order valence-electron chi connectivity index (χ2n) is 36.4. The van der Waals surface area contributed by atoms with Crippen molar-refractivity contribution in [3.05, 3.63) is 0 Å². The molecule has 8 amide bonds. The summed E-state index contributed by atoms with van der Waals surface area (Å²) < 4.78 is 77.8. The molecular weight excluding hydrogens is 1970 g/mol. The molecule has 0 spiro atoms. The third-order valence-electron chi connectivity index (χ3n) is 25.4. The van der Waals surface area contributed by atoms with E-state index in [1.165, 1.54) is 9.80 Å². The topological polar surface area (TPSA) is 911 Å². The van der Waals surface area contributed by atoms with Gasteiger partial charge in [0.2, 0.25) is 47.3 Å². The maximum absolute atomic E-state index is 14.3. The maximum atomic E-state index is 14.3. The summed E-state index contributed by atoms with van der Waals surface area (Å²) in [6.07, 6.45) is -57.4. The van der Waals surface area contributed by atoms with E-state index in [0.717, 1.165) is 4.90 Å². The molecule has 7 aliphatic heterocycles. The van der Waals surface area contributed by atoms with Crippen LogP contribution in [0.2, 0.25) is 0 Å². The lowest BCUT2D eigenvalue weighted by Gasteiger charge is -2.46. The third-order valence-corrected chi connectivity index (χ3v) is 25.4. The second-order valence-corrected chi connectivity index (χ2v) is 36.4. The number of carbonyl (C=O) groups excluding carboxylic acids is 8. The van der Waals surface area contributed by atoms with Crippen LogP contribution in [-0.2, 0) is 109 Å². The van der Waals surface area contributed by atoms with Gasteiger partial charge in [0, 0.05) is 91.0 Å². The van der Waals surface area contributed by atoms with Crippen molar-refractivity contribution >= 4 is 53.2 Å². The van der Waals surface area contributed by atoms with Crippen LogP contribution in [-0.4, -0.2) is 585 Å². The Kier molecular flexibility index (Phi) is 57.1. The predicted molar refractivity (Wildman–Crippen MR) is 481 cm³/mol. The van der Waals surface area contributed by atoms with Crippen molar-refractivity contribution < 1.29 is 247 Å². The van der Waals surface area contributed by atoms with Gasteiger partial charge >= 0.3 is 5.97 Å². The molecule has 7 fully saturated rings. The molecule has 0 aromatic heterocycles. The summed E-state index contributed by atoms with van der Waals surface area (Å²) in [5.74, 6) is -6.22. The first-order chi connectivity index (χ1) is 69.6. The van der Waals surface area contributed by atoms with E-state index in [4.69, 9.17) is 71.4 Å². The Labute approximate surface area is 838 Å². The molecule has 0 aliphatic carbocycles. The van der Waals surface area contributed by atoms with Crippen LogP contribution >= 0.6 is 0 Å². The normalized spacial score (nSPS) is 34.0. The number of rotatable bonds is 66. The summed E-state index contributed by atoms with van der Waals surface area (Å²) >= 11 is 0. The first kappa shape index (κ1) is 126. The fraction of sp³-hybridized carbons (Fsp3) is 0.897. The highest BCUT2D eigenvalue weighted by molar-refractivity contribution is 5.90. The molecule has 146 heavy (non-hydrogen) atoms. The predicted octanol–water partition coefficient (Wildman–Crippen LogP) is -18.2. The summed E-state index contributed by atoms with van der Waals surface area (Å²) in [4.78, 5) is 125. The van der Waals surface area contributed by atoms with Crippen LogP contribution in [0.5, 0.6) is 0 Å². The van der Waals surface area contributed by atoms with Gasteiger partial charge in [-0.25, -0.2) is 0 Å².